The summed E-state index contributed by atoms with van der Waals surface area (Å²) in [5.74, 6) is 1.12. The Morgan fingerprint density at radius 3 is 2.91 bits per heavy atom. The number of nitrogens with one attached hydrogen (secondary N) is 2. The van der Waals surface area contributed by atoms with Gasteiger partial charge in [0.15, 0.2) is 0 Å². The number of rotatable bonds is 4. The van der Waals surface area contributed by atoms with Gasteiger partial charge in [0.2, 0.25) is 0 Å². The van der Waals surface area contributed by atoms with Gasteiger partial charge in [-0.05, 0) is 54.8 Å². The molecule has 0 spiro atoms. The van der Waals surface area contributed by atoms with Crippen LogP contribution in [-0.2, 0) is 0 Å². The second-order valence-electron chi connectivity index (χ2n) is 7.98. The lowest BCUT2D eigenvalue weighted by Crippen LogP contribution is -2.37. The highest BCUT2D eigenvalue weighted by Crippen LogP contribution is 2.33. The molecule has 0 saturated heterocycles. The first-order valence-electron chi connectivity index (χ1n) is 10.7. The molecule has 0 radical (unpaired) electrons. The molecule has 0 atom stereocenters. The molecule has 0 unspecified atom stereocenters. The van der Waals surface area contributed by atoms with Crippen LogP contribution in [0.4, 0.5) is 10.5 Å². The minimum absolute atomic E-state index is 0.167. The van der Waals surface area contributed by atoms with Crippen LogP contribution >= 0.6 is 27.5 Å². The van der Waals surface area contributed by atoms with Crippen molar-refractivity contribution in [3.63, 3.8) is 0 Å². The van der Waals surface area contributed by atoms with Crippen LogP contribution < -0.4 is 10.1 Å². The fourth-order valence-electron chi connectivity index (χ4n) is 3.95. The van der Waals surface area contributed by atoms with Gasteiger partial charge in [-0.15, -0.1) is 0 Å². The fourth-order valence-corrected chi connectivity index (χ4v) is 4.67. The second-order valence-corrected chi connectivity index (χ2v) is 9.30. The molecule has 1 aliphatic rings. The van der Waals surface area contributed by atoms with Crippen molar-refractivity contribution in [2.24, 2.45) is 0 Å². The molecule has 3 heterocycles. The molecule has 2 aromatic heterocycles. The van der Waals surface area contributed by atoms with Crippen molar-refractivity contribution in [2.75, 3.05) is 18.4 Å². The fraction of sp³-hybridized carbons (Fsp3) is 0.160. The van der Waals surface area contributed by atoms with Gasteiger partial charge in [-0.25, -0.2) is 14.8 Å². The molecular formula is C25H21BrClN5O2. The first kappa shape index (κ1) is 22.4. The Bertz CT molecular complexity index is 1420. The number of hydrogen-bond acceptors (Lipinski definition) is 4. The Kier molecular flexibility index (Phi) is 6.26. The zero-order valence-electron chi connectivity index (χ0n) is 18.3. The van der Waals surface area contributed by atoms with Crippen LogP contribution in [0.1, 0.15) is 17.7 Å². The topological polar surface area (TPSA) is 83.1 Å². The van der Waals surface area contributed by atoms with Crippen LogP contribution in [0, 0.1) is 6.92 Å². The van der Waals surface area contributed by atoms with Gasteiger partial charge in [-0.3, -0.25) is 0 Å². The van der Waals surface area contributed by atoms with E-state index in [9.17, 15) is 4.79 Å². The Hall–Kier alpha value is -3.36. The summed E-state index contributed by atoms with van der Waals surface area (Å²) in [4.78, 5) is 26.6. The number of benzene rings is 2. The van der Waals surface area contributed by atoms with Gasteiger partial charge in [-0.2, -0.15) is 0 Å². The normalized spacial score (nSPS) is 13.6. The molecule has 4 aromatic rings. The first-order chi connectivity index (χ1) is 16.5. The van der Waals surface area contributed by atoms with Crippen LogP contribution in [0.5, 0.6) is 11.5 Å². The van der Waals surface area contributed by atoms with E-state index in [1.54, 1.807) is 29.4 Å². The SMILES string of the molecule is Cc1c[nH]c2ncnc(C3=CCN(C(=O)Nc4cccc(Oc5ccc(Br)cc5Cl)c4)CC3)c12. The summed E-state index contributed by atoms with van der Waals surface area (Å²) in [5, 5.41) is 4.49. The highest BCUT2D eigenvalue weighted by atomic mass is 79.9. The van der Waals surface area contributed by atoms with Crippen molar-refractivity contribution in [1.82, 2.24) is 19.9 Å². The number of ether oxygens (including phenoxy) is 1. The van der Waals surface area contributed by atoms with Gasteiger partial charge in [0.05, 0.1) is 10.7 Å². The predicted octanol–water partition coefficient (Wildman–Crippen LogP) is 6.80. The molecule has 2 amide bonds. The second kappa shape index (κ2) is 9.48. The summed E-state index contributed by atoms with van der Waals surface area (Å²) in [6.45, 7) is 3.13. The van der Waals surface area contributed by atoms with E-state index in [1.165, 1.54) is 0 Å². The average molecular weight is 539 g/mol. The third-order valence-electron chi connectivity index (χ3n) is 5.67. The number of hydrogen-bond donors (Lipinski definition) is 2. The minimum atomic E-state index is -0.167. The summed E-state index contributed by atoms with van der Waals surface area (Å²) in [7, 11) is 0. The molecule has 1 aliphatic heterocycles. The highest BCUT2D eigenvalue weighted by Gasteiger charge is 2.21. The molecule has 0 aliphatic carbocycles. The number of carbonyl (C=O) groups excluding carboxylic acids is 1. The molecule has 0 fully saturated rings. The largest absolute Gasteiger partial charge is 0.456 e. The maximum atomic E-state index is 12.9. The summed E-state index contributed by atoms with van der Waals surface area (Å²) >= 11 is 9.63. The lowest BCUT2D eigenvalue weighted by molar-refractivity contribution is 0.217. The number of aromatic nitrogens is 3. The number of fused-ring (bicyclic) bond motifs is 1. The van der Waals surface area contributed by atoms with Crippen molar-refractivity contribution in [1.29, 1.82) is 0 Å². The van der Waals surface area contributed by atoms with Gasteiger partial charge in [0.1, 0.15) is 23.5 Å². The molecule has 2 N–H and O–H groups in total. The van der Waals surface area contributed by atoms with E-state index in [-0.39, 0.29) is 6.03 Å². The molecule has 5 rings (SSSR count). The molecule has 2 aromatic carbocycles. The van der Waals surface area contributed by atoms with Gasteiger partial charge >= 0.3 is 6.03 Å². The molecule has 0 saturated carbocycles. The van der Waals surface area contributed by atoms with Crippen molar-refractivity contribution in [2.45, 2.75) is 13.3 Å². The molecule has 0 bridgehead atoms. The molecule has 172 valence electrons. The van der Waals surface area contributed by atoms with Crippen molar-refractivity contribution in [3.05, 3.63) is 81.8 Å². The zero-order valence-corrected chi connectivity index (χ0v) is 20.7. The standard InChI is InChI=1S/C25H21BrClN5O2/c1-15-13-28-24-22(15)23(29-14-30-24)16-7-9-32(10-8-16)25(33)31-18-3-2-4-19(12-18)34-21-6-5-17(26)11-20(21)27/h2-7,11-14H,8-10H2,1H3,(H,31,33)(H,28,29,30). The third kappa shape index (κ3) is 4.64. The van der Waals surface area contributed by atoms with Crippen LogP contribution in [-0.4, -0.2) is 39.0 Å². The summed E-state index contributed by atoms with van der Waals surface area (Å²) < 4.78 is 6.76. The summed E-state index contributed by atoms with van der Waals surface area (Å²) in [6.07, 6.45) is 6.29. The molecule has 9 heteroatoms. The van der Waals surface area contributed by atoms with Crippen molar-refractivity contribution < 1.29 is 9.53 Å². The van der Waals surface area contributed by atoms with E-state index in [1.807, 2.05) is 37.4 Å². The Morgan fingerprint density at radius 2 is 2.12 bits per heavy atom. The van der Waals surface area contributed by atoms with E-state index in [4.69, 9.17) is 16.3 Å². The molecular weight excluding hydrogens is 518 g/mol. The monoisotopic (exact) mass is 537 g/mol. The first-order valence-corrected chi connectivity index (χ1v) is 11.9. The lowest BCUT2D eigenvalue weighted by atomic mass is 10.0. The number of amides is 2. The van der Waals surface area contributed by atoms with E-state index in [0.29, 0.717) is 35.3 Å². The van der Waals surface area contributed by atoms with Crippen LogP contribution in [0.3, 0.4) is 0 Å². The van der Waals surface area contributed by atoms with E-state index in [0.717, 1.165) is 38.8 Å². The van der Waals surface area contributed by atoms with E-state index >= 15 is 0 Å². The smallest absolute Gasteiger partial charge is 0.322 e. The number of aromatic amines is 1. The highest BCUT2D eigenvalue weighted by molar-refractivity contribution is 9.10. The van der Waals surface area contributed by atoms with Crippen LogP contribution in [0.15, 0.2) is 65.5 Å². The number of aryl methyl sites for hydroxylation is 1. The maximum Gasteiger partial charge on any atom is 0.322 e. The number of nitrogens with zero attached hydrogens (tertiary/aromatic N) is 3. The number of urea groups is 1. The predicted molar refractivity (Wildman–Crippen MR) is 137 cm³/mol. The van der Waals surface area contributed by atoms with Crippen LogP contribution in [0.2, 0.25) is 5.02 Å². The quantitative estimate of drug-likeness (QED) is 0.299. The van der Waals surface area contributed by atoms with Gasteiger partial charge in [0.25, 0.3) is 0 Å². The van der Waals surface area contributed by atoms with Crippen molar-refractivity contribution >= 4 is 55.9 Å². The molecule has 34 heavy (non-hydrogen) atoms. The number of carbonyl (C=O) groups is 1. The maximum absolute atomic E-state index is 12.9. The Morgan fingerprint density at radius 1 is 1.24 bits per heavy atom. The van der Waals surface area contributed by atoms with Crippen LogP contribution in [0.25, 0.3) is 16.6 Å². The Labute approximate surface area is 209 Å². The van der Waals surface area contributed by atoms with Crippen molar-refractivity contribution in [3.8, 4) is 11.5 Å². The van der Waals surface area contributed by atoms with E-state index < -0.39 is 0 Å². The minimum Gasteiger partial charge on any atom is -0.456 e. The summed E-state index contributed by atoms with van der Waals surface area (Å²) in [6, 6.07) is 12.5. The van der Waals surface area contributed by atoms with E-state index in [2.05, 4.69) is 42.3 Å². The van der Waals surface area contributed by atoms with Gasteiger partial charge < -0.3 is 19.9 Å². The third-order valence-corrected chi connectivity index (χ3v) is 6.46. The summed E-state index contributed by atoms with van der Waals surface area (Å²) in [5.41, 5.74) is 4.64. The lowest BCUT2D eigenvalue weighted by Gasteiger charge is -2.26. The van der Waals surface area contributed by atoms with Gasteiger partial charge in [-0.1, -0.05) is 39.7 Å². The average Bonchev–Trinajstić information content (AvgIpc) is 3.22. The number of halogens is 2. The van der Waals surface area contributed by atoms with Gasteiger partial charge in [0, 0.05) is 40.9 Å². The number of anilines is 1. The Balaban J connectivity index is 1.26. The number of H-pyrrole nitrogens is 1. The molecule has 7 nitrogen and oxygen atoms in total. The zero-order chi connectivity index (χ0) is 23.7.